The van der Waals surface area contributed by atoms with Gasteiger partial charge in [0.2, 0.25) is 5.91 Å². The number of benzene rings is 1. The first-order chi connectivity index (χ1) is 13.7. The number of nitrogens with one attached hydrogen (secondary N) is 2. The smallest absolute Gasteiger partial charge is 0.243 e. The normalized spacial score (nSPS) is 15.5. The molecule has 8 nitrogen and oxygen atoms in total. The molecular formula is C20H28N6O2. The first kappa shape index (κ1) is 19.9. The summed E-state index contributed by atoms with van der Waals surface area (Å²) in [5, 5.41) is 10.1. The van der Waals surface area contributed by atoms with E-state index in [-0.39, 0.29) is 12.5 Å². The summed E-state index contributed by atoms with van der Waals surface area (Å²) in [5.74, 6) is 0.664. The van der Waals surface area contributed by atoms with Crippen LogP contribution in [0.3, 0.4) is 0 Å². The summed E-state index contributed by atoms with van der Waals surface area (Å²) in [7, 11) is 1.74. The molecule has 0 radical (unpaired) electrons. The molecule has 2 heterocycles. The molecule has 2 N–H and O–H groups in total. The Labute approximate surface area is 165 Å². The minimum atomic E-state index is -0.0842. The van der Waals surface area contributed by atoms with E-state index in [1.165, 1.54) is 5.56 Å². The van der Waals surface area contributed by atoms with E-state index in [9.17, 15) is 4.79 Å². The summed E-state index contributed by atoms with van der Waals surface area (Å²) in [4.78, 5) is 21.1. The Morgan fingerprint density at radius 3 is 2.75 bits per heavy atom. The Morgan fingerprint density at radius 2 is 2.07 bits per heavy atom. The van der Waals surface area contributed by atoms with Crippen molar-refractivity contribution in [1.29, 1.82) is 0 Å². The number of hydrogen-bond donors (Lipinski definition) is 2. The molecule has 0 atom stereocenters. The lowest BCUT2D eigenvalue weighted by Crippen LogP contribution is -2.53. The second-order valence-corrected chi connectivity index (χ2v) is 6.76. The molecule has 1 saturated heterocycles. The Balaban J connectivity index is 1.43. The van der Waals surface area contributed by atoms with Crippen LogP contribution in [0, 0.1) is 0 Å². The monoisotopic (exact) mass is 384 g/mol. The van der Waals surface area contributed by atoms with Crippen LogP contribution < -0.4 is 10.6 Å². The maximum atomic E-state index is 12.3. The summed E-state index contributed by atoms with van der Waals surface area (Å²) in [6.45, 7) is 6.57. The lowest BCUT2D eigenvalue weighted by Gasteiger charge is -2.36. The number of aryl methyl sites for hydroxylation is 1. The van der Waals surface area contributed by atoms with Crippen molar-refractivity contribution >= 4 is 17.6 Å². The molecule has 150 valence electrons. The highest BCUT2D eigenvalue weighted by molar-refractivity contribution is 5.95. The van der Waals surface area contributed by atoms with Gasteiger partial charge in [-0.3, -0.25) is 14.7 Å². The number of carbonyl (C=O) groups is 1. The average molecular weight is 384 g/mol. The van der Waals surface area contributed by atoms with Gasteiger partial charge in [0, 0.05) is 51.5 Å². The van der Waals surface area contributed by atoms with Crippen LogP contribution in [0.25, 0.3) is 0 Å². The minimum absolute atomic E-state index is 0.0842. The maximum Gasteiger partial charge on any atom is 0.243 e. The molecule has 1 aromatic carbocycles. The molecule has 1 fully saturated rings. The van der Waals surface area contributed by atoms with E-state index in [0.29, 0.717) is 0 Å². The van der Waals surface area contributed by atoms with Crippen LogP contribution in [-0.2, 0) is 17.8 Å². The number of nitrogens with zero attached hydrogens (tertiary/aromatic N) is 4. The van der Waals surface area contributed by atoms with Crippen LogP contribution in [0.1, 0.15) is 18.2 Å². The molecule has 0 saturated carbocycles. The molecule has 1 aromatic heterocycles. The number of aliphatic imine (C=N–C) groups is 1. The van der Waals surface area contributed by atoms with Gasteiger partial charge in [-0.15, -0.1) is 0 Å². The molecular weight excluding hydrogens is 356 g/mol. The van der Waals surface area contributed by atoms with Crippen LogP contribution in [0.2, 0.25) is 0 Å². The zero-order valence-corrected chi connectivity index (χ0v) is 16.5. The van der Waals surface area contributed by atoms with Gasteiger partial charge in [0.15, 0.2) is 5.96 Å². The Hall–Kier alpha value is -2.87. The van der Waals surface area contributed by atoms with Crippen LogP contribution in [0.15, 0.2) is 46.1 Å². The topological polar surface area (TPSA) is 86.0 Å². The third-order valence-electron chi connectivity index (χ3n) is 4.79. The first-order valence-electron chi connectivity index (χ1n) is 9.64. The van der Waals surface area contributed by atoms with Crippen LogP contribution >= 0.6 is 0 Å². The zero-order chi connectivity index (χ0) is 19.8. The molecule has 0 bridgehead atoms. The average Bonchev–Trinajstić information content (AvgIpc) is 3.23. The van der Waals surface area contributed by atoms with E-state index >= 15 is 0 Å². The van der Waals surface area contributed by atoms with E-state index in [4.69, 9.17) is 4.52 Å². The third kappa shape index (κ3) is 5.56. The molecule has 0 aliphatic carbocycles. The molecule has 1 amide bonds. The van der Waals surface area contributed by atoms with Gasteiger partial charge in [-0.1, -0.05) is 24.2 Å². The largest absolute Gasteiger partial charge is 0.364 e. The Bertz CT molecular complexity index is 782. The summed E-state index contributed by atoms with van der Waals surface area (Å²) in [6.07, 6.45) is 2.54. The van der Waals surface area contributed by atoms with Crippen LogP contribution in [-0.4, -0.2) is 66.6 Å². The van der Waals surface area contributed by atoms with Gasteiger partial charge < -0.3 is 20.1 Å². The van der Waals surface area contributed by atoms with Gasteiger partial charge in [0.05, 0.1) is 12.2 Å². The molecule has 3 rings (SSSR count). The van der Waals surface area contributed by atoms with E-state index in [2.05, 4.69) is 43.6 Å². The quantitative estimate of drug-likeness (QED) is 0.581. The van der Waals surface area contributed by atoms with Crippen molar-refractivity contribution in [2.24, 2.45) is 4.99 Å². The predicted molar refractivity (Wildman–Crippen MR) is 109 cm³/mol. The minimum Gasteiger partial charge on any atom is -0.364 e. The van der Waals surface area contributed by atoms with E-state index < -0.39 is 0 Å². The van der Waals surface area contributed by atoms with Crippen molar-refractivity contribution in [3.8, 4) is 0 Å². The van der Waals surface area contributed by atoms with Crippen LogP contribution in [0.5, 0.6) is 0 Å². The van der Waals surface area contributed by atoms with E-state index in [1.807, 2.05) is 24.3 Å². The highest BCUT2D eigenvalue weighted by atomic mass is 16.5. The number of piperazine rings is 1. The molecule has 1 aliphatic heterocycles. The molecule has 0 unspecified atom stereocenters. The summed E-state index contributed by atoms with van der Waals surface area (Å²) in [5.41, 5.74) is 2.97. The summed E-state index contributed by atoms with van der Waals surface area (Å²) >= 11 is 0. The predicted octanol–water partition coefficient (Wildman–Crippen LogP) is 1.57. The highest BCUT2D eigenvalue weighted by Crippen LogP contribution is 2.11. The first-order valence-corrected chi connectivity index (χ1v) is 9.64. The number of anilines is 1. The Morgan fingerprint density at radius 1 is 1.25 bits per heavy atom. The van der Waals surface area contributed by atoms with E-state index in [0.717, 1.165) is 56.5 Å². The van der Waals surface area contributed by atoms with Crippen molar-refractivity contribution < 1.29 is 9.32 Å². The molecule has 1 aliphatic rings. The lowest BCUT2D eigenvalue weighted by atomic mass is 10.1. The van der Waals surface area contributed by atoms with Crippen molar-refractivity contribution in [2.45, 2.75) is 19.9 Å². The summed E-state index contributed by atoms with van der Waals surface area (Å²) in [6, 6.07) is 9.81. The maximum absolute atomic E-state index is 12.3. The van der Waals surface area contributed by atoms with Crippen molar-refractivity contribution in [3.05, 3.63) is 47.9 Å². The SMILES string of the molecule is CCc1cccc(NC(=O)CNC(=NC)N2CCN(Cc3ccon3)CC2)c1. The van der Waals surface area contributed by atoms with E-state index in [1.54, 1.807) is 13.3 Å². The number of guanidine groups is 1. The molecule has 2 aromatic rings. The fourth-order valence-electron chi connectivity index (χ4n) is 3.23. The van der Waals surface area contributed by atoms with Gasteiger partial charge >= 0.3 is 0 Å². The standard InChI is InChI=1S/C20H28N6O2/c1-3-16-5-4-6-17(13-16)23-19(27)14-22-20(21-2)26-10-8-25(9-11-26)15-18-7-12-28-24-18/h4-7,12-13H,3,8-11,14-15H2,1-2H3,(H,21,22)(H,23,27). The van der Waals surface area contributed by atoms with Crippen molar-refractivity contribution in [2.75, 3.05) is 45.1 Å². The summed E-state index contributed by atoms with van der Waals surface area (Å²) < 4.78 is 4.89. The highest BCUT2D eigenvalue weighted by Gasteiger charge is 2.20. The molecule has 8 heteroatoms. The van der Waals surface area contributed by atoms with Gasteiger partial charge in [-0.2, -0.15) is 0 Å². The number of rotatable bonds is 6. The van der Waals surface area contributed by atoms with Crippen molar-refractivity contribution in [1.82, 2.24) is 20.3 Å². The van der Waals surface area contributed by atoms with Gasteiger partial charge in [0.25, 0.3) is 0 Å². The molecule has 0 spiro atoms. The number of hydrogen-bond acceptors (Lipinski definition) is 5. The fourth-order valence-corrected chi connectivity index (χ4v) is 3.23. The fraction of sp³-hybridized carbons (Fsp3) is 0.450. The number of carbonyl (C=O) groups excluding carboxylic acids is 1. The third-order valence-corrected chi connectivity index (χ3v) is 4.79. The Kier molecular flexibility index (Phi) is 7.02. The second-order valence-electron chi connectivity index (χ2n) is 6.76. The van der Waals surface area contributed by atoms with Crippen LogP contribution in [0.4, 0.5) is 5.69 Å². The van der Waals surface area contributed by atoms with Gasteiger partial charge in [0.1, 0.15) is 6.26 Å². The number of amides is 1. The molecule has 28 heavy (non-hydrogen) atoms. The number of aromatic nitrogens is 1. The zero-order valence-electron chi connectivity index (χ0n) is 16.5. The second kappa shape index (κ2) is 9.89. The van der Waals surface area contributed by atoms with Crippen molar-refractivity contribution in [3.63, 3.8) is 0 Å². The van der Waals surface area contributed by atoms with Gasteiger partial charge in [-0.25, -0.2) is 0 Å². The lowest BCUT2D eigenvalue weighted by molar-refractivity contribution is -0.115. The van der Waals surface area contributed by atoms with Gasteiger partial charge in [-0.05, 0) is 24.1 Å².